The molecule has 0 aliphatic carbocycles. The fourth-order valence-electron chi connectivity index (χ4n) is 3.73. The van der Waals surface area contributed by atoms with Crippen molar-refractivity contribution in [3.8, 4) is 5.75 Å². The van der Waals surface area contributed by atoms with Crippen molar-refractivity contribution in [2.75, 3.05) is 33.4 Å². The molecule has 156 valence electrons. The molecular formula is C23H30FN3O2. The summed E-state index contributed by atoms with van der Waals surface area (Å²) in [5, 5.41) is 6.82. The average molecular weight is 400 g/mol. The van der Waals surface area contributed by atoms with Crippen LogP contribution >= 0.6 is 0 Å². The van der Waals surface area contributed by atoms with Gasteiger partial charge in [0.05, 0.1) is 13.7 Å². The largest absolute Gasteiger partial charge is 0.496 e. The summed E-state index contributed by atoms with van der Waals surface area (Å²) in [4.78, 5) is 4.74. The summed E-state index contributed by atoms with van der Waals surface area (Å²) < 4.78 is 24.5. The van der Waals surface area contributed by atoms with E-state index in [4.69, 9.17) is 14.5 Å². The highest BCUT2D eigenvalue weighted by atomic mass is 19.1. The lowest BCUT2D eigenvalue weighted by atomic mass is 9.74. The Balaban J connectivity index is 1.75. The molecule has 0 atom stereocenters. The summed E-state index contributed by atoms with van der Waals surface area (Å²) in [7, 11) is 1.67. The first kappa shape index (κ1) is 21.1. The molecule has 0 radical (unpaired) electrons. The van der Waals surface area contributed by atoms with Crippen LogP contribution in [0.1, 0.15) is 30.9 Å². The predicted octanol–water partition coefficient (Wildman–Crippen LogP) is 3.64. The Bertz CT molecular complexity index is 802. The van der Waals surface area contributed by atoms with Crippen LogP contribution in [0.5, 0.6) is 5.75 Å². The van der Waals surface area contributed by atoms with E-state index in [1.54, 1.807) is 7.11 Å². The molecule has 0 spiro atoms. The quantitative estimate of drug-likeness (QED) is 0.551. The second-order valence-corrected chi connectivity index (χ2v) is 7.26. The van der Waals surface area contributed by atoms with E-state index in [0.29, 0.717) is 26.3 Å². The summed E-state index contributed by atoms with van der Waals surface area (Å²) in [6.07, 6.45) is 1.77. The number of halogens is 1. The van der Waals surface area contributed by atoms with Crippen molar-refractivity contribution in [1.82, 2.24) is 10.6 Å². The highest BCUT2D eigenvalue weighted by Crippen LogP contribution is 2.34. The minimum Gasteiger partial charge on any atom is -0.496 e. The highest BCUT2D eigenvalue weighted by molar-refractivity contribution is 5.80. The Labute approximate surface area is 172 Å². The van der Waals surface area contributed by atoms with Crippen LogP contribution in [0.15, 0.2) is 53.5 Å². The molecule has 1 fully saturated rings. The summed E-state index contributed by atoms with van der Waals surface area (Å²) in [5.41, 5.74) is 2.06. The van der Waals surface area contributed by atoms with E-state index in [-0.39, 0.29) is 11.2 Å². The molecular weight excluding hydrogens is 369 g/mol. The van der Waals surface area contributed by atoms with Crippen LogP contribution < -0.4 is 15.4 Å². The maximum absolute atomic E-state index is 13.4. The van der Waals surface area contributed by atoms with Crippen LogP contribution in [0, 0.1) is 5.82 Å². The summed E-state index contributed by atoms with van der Waals surface area (Å²) in [5.74, 6) is 1.38. The lowest BCUT2D eigenvalue weighted by molar-refractivity contribution is 0.0513. The van der Waals surface area contributed by atoms with E-state index >= 15 is 0 Å². The Morgan fingerprint density at radius 1 is 1.10 bits per heavy atom. The number of aliphatic imine (C=N–C) groups is 1. The molecule has 0 bridgehead atoms. The van der Waals surface area contributed by atoms with Crippen LogP contribution in [0.2, 0.25) is 0 Å². The molecule has 2 aromatic rings. The number of hydrogen-bond donors (Lipinski definition) is 2. The second kappa shape index (κ2) is 10.3. The zero-order valence-corrected chi connectivity index (χ0v) is 17.2. The van der Waals surface area contributed by atoms with Gasteiger partial charge in [-0.1, -0.05) is 30.3 Å². The fraction of sp³-hybridized carbons (Fsp3) is 0.435. The van der Waals surface area contributed by atoms with Gasteiger partial charge in [0.15, 0.2) is 5.96 Å². The number of nitrogens with zero attached hydrogens (tertiary/aromatic N) is 1. The van der Waals surface area contributed by atoms with E-state index in [1.807, 2.05) is 43.3 Å². The molecule has 1 aliphatic heterocycles. The highest BCUT2D eigenvalue weighted by Gasteiger charge is 2.34. The Kier molecular flexibility index (Phi) is 7.47. The number of guanidine groups is 1. The van der Waals surface area contributed by atoms with Crippen molar-refractivity contribution in [3.05, 3.63) is 65.5 Å². The molecule has 0 aromatic heterocycles. The van der Waals surface area contributed by atoms with Crippen LogP contribution in [0.4, 0.5) is 4.39 Å². The van der Waals surface area contributed by atoms with Gasteiger partial charge in [0.25, 0.3) is 0 Å². The first-order chi connectivity index (χ1) is 14.2. The van der Waals surface area contributed by atoms with Crippen molar-refractivity contribution in [2.45, 2.75) is 31.7 Å². The maximum Gasteiger partial charge on any atom is 0.191 e. The van der Waals surface area contributed by atoms with Gasteiger partial charge in [0, 0.05) is 37.3 Å². The van der Waals surface area contributed by atoms with Gasteiger partial charge in [-0.15, -0.1) is 0 Å². The number of methoxy groups -OCH3 is 1. The molecule has 1 saturated heterocycles. The third-order valence-corrected chi connectivity index (χ3v) is 5.44. The average Bonchev–Trinajstić information content (AvgIpc) is 2.77. The minimum absolute atomic E-state index is 0.105. The van der Waals surface area contributed by atoms with E-state index in [0.717, 1.165) is 42.2 Å². The molecule has 29 heavy (non-hydrogen) atoms. The van der Waals surface area contributed by atoms with Crippen molar-refractivity contribution in [3.63, 3.8) is 0 Å². The summed E-state index contributed by atoms with van der Waals surface area (Å²) in [6.45, 7) is 5.45. The van der Waals surface area contributed by atoms with Crippen LogP contribution in [0.25, 0.3) is 0 Å². The Morgan fingerprint density at radius 3 is 2.52 bits per heavy atom. The third kappa shape index (κ3) is 5.48. The SMILES string of the molecule is CCNC(=NCc1ccccc1OC)NCC1(c2ccc(F)cc2)CCOCC1. The molecule has 1 heterocycles. The van der Waals surface area contributed by atoms with Crippen molar-refractivity contribution < 1.29 is 13.9 Å². The predicted molar refractivity (Wildman–Crippen MR) is 114 cm³/mol. The Morgan fingerprint density at radius 2 is 1.83 bits per heavy atom. The number of hydrogen-bond acceptors (Lipinski definition) is 3. The van der Waals surface area contributed by atoms with Gasteiger partial charge in [0.2, 0.25) is 0 Å². The van der Waals surface area contributed by atoms with E-state index < -0.39 is 0 Å². The van der Waals surface area contributed by atoms with Gasteiger partial charge in [0.1, 0.15) is 11.6 Å². The summed E-state index contributed by atoms with van der Waals surface area (Å²) in [6, 6.07) is 14.7. The number of rotatable bonds is 7. The third-order valence-electron chi connectivity index (χ3n) is 5.44. The number of benzene rings is 2. The molecule has 0 unspecified atom stereocenters. The molecule has 2 aromatic carbocycles. The van der Waals surface area contributed by atoms with Gasteiger partial charge < -0.3 is 20.1 Å². The van der Waals surface area contributed by atoms with Crippen LogP contribution in [-0.2, 0) is 16.7 Å². The molecule has 5 nitrogen and oxygen atoms in total. The van der Waals surface area contributed by atoms with Gasteiger partial charge in [-0.05, 0) is 43.5 Å². The van der Waals surface area contributed by atoms with Crippen LogP contribution in [-0.4, -0.2) is 39.4 Å². The molecule has 6 heteroatoms. The van der Waals surface area contributed by atoms with Crippen molar-refractivity contribution in [2.24, 2.45) is 4.99 Å². The molecule has 0 amide bonds. The molecule has 0 saturated carbocycles. The van der Waals surface area contributed by atoms with Gasteiger partial charge >= 0.3 is 0 Å². The van der Waals surface area contributed by atoms with Crippen molar-refractivity contribution >= 4 is 5.96 Å². The summed E-state index contributed by atoms with van der Waals surface area (Å²) >= 11 is 0. The van der Waals surface area contributed by atoms with E-state index in [1.165, 1.54) is 12.1 Å². The van der Waals surface area contributed by atoms with E-state index in [2.05, 4.69) is 10.6 Å². The second-order valence-electron chi connectivity index (χ2n) is 7.26. The maximum atomic E-state index is 13.4. The number of para-hydroxylation sites is 1. The standard InChI is InChI=1S/C23H30FN3O2/c1-3-25-22(26-16-18-6-4-5-7-21(18)28-2)27-17-23(12-14-29-15-13-23)19-8-10-20(24)11-9-19/h4-11H,3,12-17H2,1-2H3,(H2,25,26,27). The van der Waals surface area contributed by atoms with Gasteiger partial charge in [-0.2, -0.15) is 0 Å². The molecule has 2 N–H and O–H groups in total. The first-order valence-corrected chi connectivity index (χ1v) is 10.1. The monoisotopic (exact) mass is 399 g/mol. The smallest absolute Gasteiger partial charge is 0.191 e. The normalized spacial score (nSPS) is 16.3. The van der Waals surface area contributed by atoms with Gasteiger partial charge in [-0.3, -0.25) is 0 Å². The minimum atomic E-state index is -0.212. The lowest BCUT2D eigenvalue weighted by Crippen LogP contribution is -2.48. The zero-order chi connectivity index (χ0) is 20.5. The fourth-order valence-corrected chi connectivity index (χ4v) is 3.73. The van der Waals surface area contributed by atoms with Crippen LogP contribution in [0.3, 0.4) is 0 Å². The van der Waals surface area contributed by atoms with Gasteiger partial charge in [-0.25, -0.2) is 9.38 Å². The Hall–Kier alpha value is -2.60. The topological polar surface area (TPSA) is 54.9 Å². The zero-order valence-electron chi connectivity index (χ0n) is 17.2. The molecule has 3 rings (SSSR count). The lowest BCUT2D eigenvalue weighted by Gasteiger charge is -2.38. The molecule has 1 aliphatic rings. The van der Waals surface area contributed by atoms with Crippen molar-refractivity contribution in [1.29, 1.82) is 0 Å². The van der Waals surface area contributed by atoms with E-state index in [9.17, 15) is 4.39 Å². The first-order valence-electron chi connectivity index (χ1n) is 10.1. The number of nitrogens with one attached hydrogen (secondary N) is 2. The number of ether oxygens (including phenoxy) is 2.